The van der Waals surface area contributed by atoms with Crippen molar-refractivity contribution in [1.82, 2.24) is 9.88 Å². The second kappa shape index (κ2) is 7.56. The molecule has 4 nitrogen and oxygen atoms in total. The fourth-order valence-corrected chi connectivity index (χ4v) is 4.39. The Bertz CT molecular complexity index is 911. The van der Waals surface area contributed by atoms with Gasteiger partial charge in [0.15, 0.2) is 5.13 Å². The van der Waals surface area contributed by atoms with Gasteiger partial charge < -0.3 is 0 Å². The molecule has 1 amide bonds. The van der Waals surface area contributed by atoms with E-state index in [0.29, 0.717) is 10.7 Å². The maximum Gasteiger partial charge on any atom is 0.257 e. The largest absolute Gasteiger partial charge is 0.299 e. The lowest BCUT2D eigenvalue weighted by Crippen LogP contribution is -2.29. The molecule has 0 aliphatic carbocycles. The summed E-state index contributed by atoms with van der Waals surface area (Å²) in [6.45, 7) is 5.37. The number of amides is 1. The Labute approximate surface area is 157 Å². The van der Waals surface area contributed by atoms with Crippen LogP contribution in [0, 0.1) is 6.92 Å². The Balaban J connectivity index is 1.43. The fourth-order valence-electron chi connectivity index (χ4n) is 3.45. The summed E-state index contributed by atoms with van der Waals surface area (Å²) in [6.07, 6.45) is 3.94. The zero-order chi connectivity index (χ0) is 17.9. The number of benzene rings is 2. The van der Waals surface area contributed by atoms with Crippen molar-refractivity contribution in [3.8, 4) is 0 Å². The lowest BCUT2D eigenvalue weighted by Gasteiger charge is -2.26. The van der Waals surface area contributed by atoms with Crippen LogP contribution in [-0.2, 0) is 6.54 Å². The Kier molecular flexibility index (Phi) is 5.00. The topological polar surface area (TPSA) is 45.2 Å². The van der Waals surface area contributed by atoms with Gasteiger partial charge in [-0.25, -0.2) is 4.98 Å². The van der Waals surface area contributed by atoms with Gasteiger partial charge in [-0.05, 0) is 62.2 Å². The number of anilines is 1. The standard InChI is InChI=1S/C21H23N3OS/c1-15-6-5-7-18-19(15)22-21(26-18)23-20(25)17-10-8-16(9-11-17)14-24-12-3-2-4-13-24/h5-11H,2-4,12-14H2,1H3,(H,22,23,25). The monoisotopic (exact) mass is 365 g/mol. The van der Waals surface area contributed by atoms with E-state index in [-0.39, 0.29) is 5.91 Å². The number of nitrogens with zero attached hydrogens (tertiary/aromatic N) is 2. The lowest BCUT2D eigenvalue weighted by molar-refractivity contribution is 0.102. The molecule has 0 saturated carbocycles. The summed E-state index contributed by atoms with van der Waals surface area (Å²) in [7, 11) is 0. The van der Waals surface area contributed by atoms with Crippen molar-refractivity contribution in [1.29, 1.82) is 0 Å². The van der Waals surface area contributed by atoms with Gasteiger partial charge in [-0.15, -0.1) is 0 Å². The summed E-state index contributed by atoms with van der Waals surface area (Å²) in [6, 6.07) is 14.0. The van der Waals surface area contributed by atoms with Crippen LogP contribution in [0.3, 0.4) is 0 Å². The Morgan fingerprint density at radius 1 is 1.12 bits per heavy atom. The van der Waals surface area contributed by atoms with Gasteiger partial charge in [0.2, 0.25) is 0 Å². The number of hydrogen-bond acceptors (Lipinski definition) is 4. The molecule has 3 aromatic rings. The molecular weight excluding hydrogens is 342 g/mol. The summed E-state index contributed by atoms with van der Waals surface area (Å²) >= 11 is 1.51. The number of nitrogens with one attached hydrogen (secondary N) is 1. The molecule has 1 aliphatic rings. The predicted octanol–water partition coefficient (Wildman–Crippen LogP) is 4.84. The van der Waals surface area contributed by atoms with E-state index in [1.165, 1.54) is 49.3 Å². The molecule has 0 unspecified atom stereocenters. The number of fused-ring (bicyclic) bond motifs is 1. The Hall–Kier alpha value is -2.24. The van der Waals surface area contributed by atoms with Gasteiger partial charge in [0.05, 0.1) is 10.2 Å². The highest BCUT2D eigenvalue weighted by atomic mass is 32.1. The van der Waals surface area contributed by atoms with Crippen LogP contribution >= 0.6 is 11.3 Å². The fraction of sp³-hybridized carbons (Fsp3) is 0.333. The minimum atomic E-state index is -0.105. The van der Waals surface area contributed by atoms with Crippen LogP contribution in [0.5, 0.6) is 0 Å². The third-order valence-corrected chi connectivity index (χ3v) is 5.85. The molecule has 2 heterocycles. The zero-order valence-electron chi connectivity index (χ0n) is 15.0. The van der Waals surface area contributed by atoms with Gasteiger partial charge >= 0.3 is 0 Å². The number of rotatable bonds is 4. The van der Waals surface area contributed by atoms with Crippen molar-refractivity contribution in [2.75, 3.05) is 18.4 Å². The number of carbonyl (C=O) groups excluding carboxylic acids is 1. The number of carbonyl (C=O) groups is 1. The summed E-state index contributed by atoms with van der Waals surface area (Å²) in [5, 5.41) is 3.58. The number of aromatic nitrogens is 1. The van der Waals surface area contributed by atoms with E-state index in [1.807, 2.05) is 37.3 Å². The molecule has 134 valence electrons. The molecule has 0 atom stereocenters. The zero-order valence-corrected chi connectivity index (χ0v) is 15.8. The first-order valence-corrected chi connectivity index (χ1v) is 9.99. The quantitative estimate of drug-likeness (QED) is 0.719. The van der Waals surface area contributed by atoms with Gasteiger partial charge in [0, 0.05) is 12.1 Å². The Morgan fingerprint density at radius 3 is 2.62 bits per heavy atom. The highest BCUT2D eigenvalue weighted by Crippen LogP contribution is 2.28. The molecular formula is C21H23N3OS. The SMILES string of the molecule is Cc1cccc2sc(NC(=O)c3ccc(CN4CCCCC4)cc3)nc12. The number of likely N-dealkylation sites (tertiary alicyclic amines) is 1. The van der Waals surface area contributed by atoms with E-state index in [9.17, 15) is 4.79 Å². The first-order chi connectivity index (χ1) is 12.7. The molecule has 5 heteroatoms. The van der Waals surface area contributed by atoms with Gasteiger partial charge in [-0.3, -0.25) is 15.0 Å². The van der Waals surface area contributed by atoms with E-state index < -0.39 is 0 Å². The molecule has 4 rings (SSSR count). The molecule has 1 saturated heterocycles. The second-order valence-electron chi connectivity index (χ2n) is 6.93. The average Bonchev–Trinajstić information content (AvgIpc) is 3.07. The van der Waals surface area contributed by atoms with E-state index >= 15 is 0 Å². The molecule has 1 fully saturated rings. The molecule has 1 N–H and O–H groups in total. The van der Waals surface area contributed by atoms with Crippen LogP contribution in [0.2, 0.25) is 0 Å². The van der Waals surface area contributed by atoms with Crippen molar-refractivity contribution in [2.45, 2.75) is 32.7 Å². The normalized spacial score (nSPS) is 15.3. The van der Waals surface area contributed by atoms with Crippen molar-refractivity contribution >= 4 is 32.6 Å². The second-order valence-corrected chi connectivity index (χ2v) is 7.96. The molecule has 0 bridgehead atoms. The lowest BCUT2D eigenvalue weighted by atomic mass is 10.1. The maximum absolute atomic E-state index is 12.5. The third-order valence-electron chi connectivity index (χ3n) is 4.91. The first kappa shape index (κ1) is 17.2. The molecule has 2 aromatic carbocycles. The predicted molar refractivity (Wildman–Crippen MR) is 108 cm³/mol. The summed E-state index contributed by atoms with van der Waals surface area (Å²) in [5.41, 5.74) is 4.02. The van der Waals surface area contributed by atoms with E-state index in [2.05, 4.69) is 27.3 Å². The highest BCUT2D eigenvalue weighted by Gasteiger charge is 2.13. The van der Waals surface area contributed by atoms with Crippen molar-refractivity contribution in [2.24, 2.45) is 0 Å². The van der Waals surface area contributed by atoms with E-state index in [1.54, 1.807) is 0 Å². The maximum atomic E-state index is 12.5. The van der Waals surface area contributed by atoms with Gasteiger partial charge in [-0.1, -0.05) is 42.0 Å². The van der Waals surface area contributed by atoms with Crippen LogP contribution in [-0.4, -0.2) is 28.9 Å². The molecule has 0 spiro atoms. The summed E-state index contributed by atoms with van der Waals surface area (Å²) < 4.78 is 1.09. The smallest absolute Gasteiger partial charge is 0.257 e. The van der Waals surface area contributed by atoms with Crippen molar-refractivity contribution in [3.63, 3.8) is 0 Å². The van der Waals surface area contributed by atoms with Crippen LogP contribution in [0.1, 0.15) is 40.7 Å². The van der Waals surface area contributed by atoms with Gasteiger partial charge in [0.1, 0.15) is 0 Å². The molecule has 1 aromatic heterocycles. The van der Waals surface area contributed by atoms with Crippen molar-refractivity contribution in [3.05, 3.63) is 59.2 Å². The molecule has 0 radical (unpaired) electrons. The Morgan fingerprint density at radius 2 is 1.88 bits per heavy atom. The summed E-state index contributed by atoms with van der Waals surface area (Å²) in [4.78, 5) is 19.6. The molecule has 26 heavy (non-hydrogen) atoms. The number of thiazole rings is 1. The number of piperidine rings is 1. The number of aryl methyl sites for hydroxylation is 1. The van der Waals surface area contributed by atoms with Crippen molar-refractivity contribution < 1.29 is 4.79 Å². The number of hydrogen-bond donors (Lipinski definition) is 1. The molecule has 1 aliphatic heterocycles. The minimum absolute atomic E-state index is 0.105. The van der Waals surface area contributed by atoms with E-state index in [4.69, 9.17) is 0 Å². The highest BCUT2D eigenvalue weighted by molar-refractivity contribution is 7.22. The third kappa shape index (κ3) is 3.79. The van der Waals surface area contributed by atoms with Crippen LogP contribution < -0.4 is 5.32 Å². The van der Waals surface area contributed by atoms with Crippen LogP contribution in [0.25, 0.3) is 10.2 Å². The first-order valence-electron chi connectivity index (χ1n) is 9.18. The van der Waals surface area contributed by atoms with E-state index in [0.717, 1.165) is 22.3 Å². The minimum Gasteiger partial charge on any atom is -0.299 e. The van der Waals surface area contributed by atoms with Gasteiger partial charge in [-0.2, -0.15) is 0 Å². The van der Waals surface area contributed by atoms with Crippen LogP contribution in [0.15, 0.2) is 42.5 Å². The number of para-hydroxylation sites is 1. The van der Waals surface area contributed by atoms with Gasteiger partial charge in [0.25, 0.3) is 5.91 Å². The van der Waals surface area contributed by atoms with Crippen LogP contribution in [0.4, 0.5) is 5.13 Å². The summed E-state index contributed by atoms with van der Waals surface area (Å²) in [5.74, 6) is -0.105. The average molecular weight is 366 g/mol.